The maximum absolute atomic E-state index is 12.0. The number of nitrogens with two attached hydrogens (primary N) is 1. The molecule has 0 spiro atoms. The smallest absolute Gasteiger partial charge is 0.292 e. The van der Waals surface area contributed by atoms with E-state index in [-0.39, 0.29) is 23.5 Å². The van der Waals surface area contributed by atoms with E-state index in [4.69, 9.17) is 10.5 Å². The van der Waals surface area contributed by atoms with Gasteiger partial charge in [-0.1, -0.05) is 26.0 Å². The van der Waals surface area contributed by atoms with Gasteiger partial charge in [-0.2, -0.15) is 0 Å². The summed E-state index contributed by atoms with van der Waals surface area (Å²) in [6, 6.07) is 11.7. The highest BCUT2D eigenvalue weighted by atomic mass is 16.6. The number of anilines is 1. The van der Waals surface area contributed by atoms with Crippen LogP contribution >= 0.6 is 0 Å². The van der Waals surface area contributed by atoms with Crippen molar-refractivity contribution in [2.75, 3.05) is 18.9 Å². The first-order valence-electron chi connectivity index (χ1n) is 7.93. The molecule has 0 bridgehead atoms. The summed E-state index contributed by atoms with van der Waals surface area (Å²) in [5.41, 5.74) is 6.66. The molecule has 2 aromatic rings. The number of hydrogen-bond acceptors (Lipinski definition) is 5. The Morgan fingerprint density at radius 3 is 2.52 bits per heavy atom. The Kier molecular flexibility index (Phi) is 5.94. The number of ether oxygens (including phenoxy) is 1. The van der Waals surface area contributed by atoms with Crippen LogP contribution in [0, 0.1) is 10.1 Å². The predicted molar refractivity (Wildman–Crippen MR) is 95.9 cm³/mol. The molecule has 0 heterocycles. The van der Waals surface area contributed by atoms with Crippen LogP contribution in [0.4, 0.5) is 11.4 Å². The first-order valence-corrected chi connectivity index (χ1v) is 7.93. The molecule has 7 heteroatoms. The Hall–Kier alpha value is -3.09. The lowest BCUT2D eigenvalue weighted by atomic mass is 10.0. The van der Waals surface area contributed by atoms with Gasteiger partial charge in [0.05, 0.1) is 11.5 Å². The highest BCUT2D eigenvalue weighted by molar-refractivity contribution is 5.95. The van der Waals surface area contributed by atoms with Gasteiger partial charge in [0.15, 0.2) is 0 Å². The SMILES string of the molecule is CC(C)c1ccc(OCCNC(=O)c2ccc(N)c([N+](=O)[O-])c2)cc1. The standard InChI is InChI=1S/C18H21N3O4/c1-12(2)13-3-6-15(7-4-13)25-10-9-20-18(22)14-5-8-16(19)17(11-14)21(23)24/h3-8,11-12H,9-10,19H2,1-2H3,(H,20,22). The molecule has 132 valence electrons. The fourth-order valence-electron chi connectivity index (χ4n) is 2.23. The molecule has 25 heavy (non-hydrogen) atoms. The van der Waals surface area contributed by atoms with Gasteiger partial charge in [-0.25, -0.2) is 0 Å². The predicted octanol–water partition coefficient (Wildman–Crippen LogP) is 3.11. The number of nitro benzene ring substituents is 1. The Bertz CT molecular complexity index is 757. The van der Waals surface area contributed by atoms with Crippen molar-refractivity contribution in [2.24, 2.45) is 0 Å². The van der Waals surface area contributed by atoms with Gasteiger partial charge >= 0.3 is 0 Å². The first-order chi connectivity index (χ1) is 11.9. The summed E-state index contributed by atoms with van der Waals surface area (Å²) in [6.07, 6.45) is 0. The second kappa shape index (κ2) is 8.14. The maximum atomic E-state index is 12.0. The average Bonchev–Trinajstić information content (AvgIpc) is 2.59. The van der Waals surface area contributed by atoms with Crippen LogP contribution in [-0.2, 0) is 0 Å². The molecule has 2 rings (SSSR count). The number of hydrogen-bond donors (Lipinski definition) is 2. The van der Waals surface area contributed by atoms with Crippen LogP contribution in [0.1, 0.15) is 35.7 Å². The maximum Gasteiger partial charge on any atom is 0.292 e. The van der Waals surface area contributed by atoms with Crippen LogP contribution in [0.15, 0.2) is 42.5 Å². The Labute approximate surface area is 145 Å². The van der Waals surface area contributed by atoms with Crippen molar-refractivity contribution in [3.8, 4) is 5.75 Å². The lowest BCUT2D eigenvalue weighted by molar-refractivity contribution is -0.383. The van der Waals surface area contributed by atoms with Gasteiger partial charge in [0.2, 0.25) is 0 Å². The highest BCUT2D eigenvalue weighted by Crippen LogP contribution is 2.22. The van der Waals surface area contributed by atoms with Gasteiger partial charge in [-0.05, 0) is 35.7 Å². The van der Waals surface area contributed by atoms with Crippen LogP contribution < -0.4 is 15.8 Å². The summed E-state index contributed by atoms with van der Waals surface area (Å²) >= 11 is 0. The van der Waals surface area contributed by atoms with Gasteiger partial charge in [-0.15, -0.1) is 0 Å². The third-order valence-corrected chi connectivity index (χ3v) is 3.69. The molecule has 0 atom stereocenters. The fourth-order valence-corrected chi connectivity index (χ4v) is 2.23. The van der Waals surface area contributed by atoms with E-state index in [2.05, 4.69) is 19.2 Å². The third kappa shape index (κ3) is 4.94. The van der Waals surface area contributed by atoms with Crippen molar-refractivity contribution in [3.63, 3.8) is 0 Å². The fraction of sp³-hybridized carbons (Fsp3) is 0.278. The second-order valence-corrected chi connectivity index (χ2v) is 5.86. The molecular formula is C18H21N3O4. The number of carbonyl (C=O) groups excluding carboxylic acids is 1. The normalized spacial score (nSPS) is 10.5. The van der Waals surface area contributed by atoms with E-state index in [1.54, 1.807) is 0 Å². The van der Waals surface area contributed by atoms with Gasteiger partial charge in [0, 0.05) is 11.6 Å². The van der Waals surface area contributed by atoms with E-state index in [0.29, 0.717) is 12.5 Å². The quantitative estimate of drug-likeness (QED) is 0.347. The molecular weight excluding hydrogens is 322 g/mol. The number of amides is 1. The van der Waals surface area contributed by atoms with Crippen molar-refractivity contribution in [1.82, 2.24) is 5.32 Å². The second-order valence-electron chi connectivity index (χ2n) is 5.86. The third-order valence-electron chi connectivity index (χ3n) is 3.69. The van der Waals surface area contributed by atoms with Crippen LogP contribution in [0.5, 0.6) is 5.75 Å². The monoisotopic (exact) mass is 343 g/mol. The summed E-state index contributed by atoms with van der Waals surface area (Å²) in [5.74, 6) is 0.765. The molecule has 3 N–H and O–H groups in total. The molecule has 0 unspecified atom stereocenters. The van der Waals surface area contributed by atoms with Crippen molar-refractivity contribution < 1.29 is 14.5 Å². The van der Waals surface area contributed by atoms with Crippen LogP contribution in [0.2, 0.25) is 0 Å². The van der Waals surface area contributed by atoms with E-state index >= 15 is 0 Å². The number of nitrogen functional groups attached to an aromatic ring is 1. The molecule has 7 nitrogen and oxygen atoms in total. The Morgan fingerprint density at radius 2 is 1.92 bits per heavy atom. The number of nitro groups is 1. The number of rotatable bonds is 7. The van der Waals surface area contributed by atoms with Crippen LogP contribution in [0.3, 0.4) is 0 Å². The van der Waals surface area contributed by atoms with Crippen molar-refractivity contribution >= 4 is 17.3 Å². The zero-order valence-corrected chi connectivity index (χ0v) is 14.2. The summed E-state index contributed by atoms with van der Waals surface area (Å²) < 4.78 is 5.57. The molecule has 0 aliphatic heterocycles. The van der Waals surface area contributed by atoms with E-state index < -0.39 is 10.8 Å². The number of benzene rings is 2. The first kappa shape index (κ1) is 18.3. The summed E-state index contributed by atoms with van der Waals surface area (Å²) in [7, 11) is 0. The lowest BCUT2D eigenvalue weighted by Crippen LogP contribution is -2.28. The largest absolute Gasteiger partial charge is 0.492 e. The van der Waals surface area contributed by atoms with Crippen LogP contribution in [-0.4, -0.2) is 24.0 Å². The van der Waals surface area contributed by atoms with Crippen molar-refractivity contribution in [1.29, 1.82) is 0 Å². The molecule has 0 radical (unpaired) electrons. The molecule has 0 saturated heterocycles. The minimum absolute atomic E-state index is 0.0229. The molecule has 0 saturated carbocycles. The minimum Gasteiger partial charge on any atom is -0.492 e. The highest BCUT2D eigenvalue weighted by Gasteiger charge is 2.15. The summed E-state index contributed by atoms with van der Waals surface area (Å²) in [6.45, 7) is 4.81. The molecule has 0 aromatic heterocycles. The van der Waals surface area contributed by atoms with E-state index in [0.717, 1.165) is 11.8 Å². The zero-order valence-electron chi connectivity index (χ0n) is 14.2. The van der Waals surface area contributed by atoms with Crippen molar-refractivity contribution in [3.05, 3.63) is 63.7 Å². The van der Waals surface area contributed by atoms with Gasteiger partial charge in [-0.3, -0.25) is 14.9 Å². The number of nitrogens with zero attached hydrogens (tertiary/aromatic N) is 1. The summed E-state index contributed by atoms with van der Waals surface area (Å²) in [4.78, 5) is 22.3. The van der Waals surface area contributed by atoms with Crippen LogP contribution in [0.25, 0.3) is 0 Å². The Morgan fingerprint density at radius 1 is 1.24 bits per heavy atom. The van der Waals surface area contributed by atoms with Gasteiger partial charge < -0.3 is 15.8 Å². The summed E-state index contributed by atoms with van der Waals surface area (Å²) in [5, 5.41) is 13.5. The average molecular weight is 343 g/mol. The van der Waals surface area contributed by atoms with Gasteiger partial charge in [0.25, 0.3) is 11.6 Å². The minimum atomic E-state index is -0.615. The Balaban J connectivity index is 1.84. The lowest BCUT2D eigenvalue weighted by Gasteiger charge is -2.10. The molecule has 0 aliphatic rings. The number of carbonyl (C=O) groups is 1. The molecule has 1 amide bonds. The zero-order chi connectivity index (χ0) is 18.4. The van der Waals surface area contributed by atoms with E-state index in [1.165, 1.54) is 17.7 Å². The topological polar surface area (TPSA) is 107 Å². The van der Waals surface area contributed by atoms with E-state index in [9.17, 15) is 14.9 Å². The van der Waals surface area contributed by atoms with Crippen molar-refractivity contribution in [2.45, 2.75) is 19.8 Å². The molecule has 2 aromatic carbocycles. The molecule has 0 fully saturated rings. The number of nitrogens with one attached hydrogen (secondary N) is 1. The molecule has 0 aliphatic carbocycles. The van der Waals surface area contributed by atoms with E-state index in [1.807, 2.05) is 24.3 Å². The van der Waals surface area contributed by atoms with Gasteiger partial charge in [0.1, 0.15) is 18.0 Å².